The molecular weight excluding hydrogens is 437 g/mol. The van der Waals surface area contributed by atoms with E-state index in [0.29, 0.717) is 42.9 Å². The van der Waals surface area contributed by atoms with E-state index in [1.54, 1.807) is 18.2 Å². The van der Waals surface area contributed by atoms with Gasteiger partial charge in [-0.25, -0.2) is 13.2 Å². The van der Waals surface area contributed by atoms with Crippen molar-refractivity contribution in [3.63, 3.8) is 0 Å². The molecule has 2 nitrogen and oxygen atoms in total. The summed E-state index contributed by atoms with van der Waals surface area (Å²) in [4.78, 5) is 0. The smallest absolute Gasteiger partial charge is 0.166 e. The molecule has 4 rings (SSSR count). The summed E-state index contributed by atoms with van der Waals surface area (Å²) in [6, 6.07) is 12.3. The molecule has 0 aliphatic carbocycles. The van der Waals surface area contributed by atoms with Gasteiger partial charge in [0.05, 0.1) is 18.8 Å². The zero-order chi connectivity index (χ0) is 23.9. The van der Waals surface area contributed by atoms with Crippen LogP contribution < -0.4 is 0 Å². The minimum Gasteiger partial charge on any atom is -0.352 e. The third-order valence-corrected chi connectivity index (χ3v) is 5.96. The summed E-state index contributed by atoms with van der Waals surface area (Å²) in [7, 11) is 0. The fraction of sp³-hybridized carbons (Fsp3) is 0.310. The van der Waals surface area contributed by atoms with Crippen molar-refractivity contribution in [1.82, 2.24) is 0 Å². The molecule has 1 heterocycles. The zero-order valence-electron chi connectivity index (χ0n) is 19.1. The van der Waals surface area contributed by atoms with E-state index in [1.807, 2.05) is 13.0 Å². The molecule has 34 heavy (non-hydrogen) atoms. The van der Waals surface area contributed by atoms with Crippen LogP contribution in [-0.4, -0.2) is 19.5 Å². The average molecular weight is 465 g/mol. The van der Waals surface area contributed by atoms with Crippen LogP contribution in [0.15, 0.2) is 60.7 Å². The Balaban J connectivity index is 1.33. The highest BCUT2D eigenvalue weighted by Gasteiger charge is 2.21. The predicted molar refractivity (Wildman–Crippen MR) is 128 cm³/mol. The minimum absolute atomic E-state index is 0.191. The van der Waals surface area contributed by atoms with Crippen LogP contribution in [0.3, 0.4) is 0 Å². The number of fused-ring (bicyclic) bond motifs is 1. The summed E-state index contributed by atoms with van der Waals surface area (Å²) in [5.41, 5.74) is 1.73. The van der Waals surface area contributed by atoms with Crippen molar-refractivity contribution >= 4 is 10.8 Å². The third kappa shape index (κ3) is 6.08. The predicted octanol–water partition coefficient (Wildman–Crippen LogP) is 6.93. The van der Waals surface area contributed by atoms with Crippen LogP contribution in [0.25, 0.3) is 10.8 Å². The van der Waals surface area contributed by atoms with Crippen molar-refractivity contribution in [2.45, 2.75) is 38.9 Å². The Morgan fingerprint density at radius 2 is 1.74 bits per heavy atom. The topological polar surface area (TPSA) is 18.5 Å². The monoisotopic (exact) mass is 464 g/mol. The molecule has 5 heteroatoms. The first-order valence-corrected chi connectivity index (χ1v) is 11.6. The molecule has 3 aromatic rings. The molecule has 1 fully saturated rings. The van der Waals surface area contributed by atoms with Gasteiger partial charge in [0.15, 0.2) is 17.9 Å². The summed E-state index contributed by atoms with van der Waals surface area (Å²) >= 11 is 0. The second-order valence-electron chi connectivity index (χ2n) is 8.51. The summed E-state index contributed by atoms with van der Waals surface area (Å²) in [5, 5.41) is 0.731. The van der Waals surface area contributed by atoms with Gasteiger partial charge in [0, 0.05) is 23.3 Å². The second kappa shape index (κ2) is 11.4. The number of allylic oxidation sites excluding steroid dienone is 2. The van der Waals surface area contributed by atoms with E-state index in [0.717, 1.165) is 24.5 Å². The Bertz CT molecular complexity index is 1230. The number of ether oxygens (including phenoxy) is 2. The number of rotatable bonds is 6. The van der Waals surface area contributed by atoms with Crippen molar-refractivity contribution in [3.05, 3.63) is 94.8 Å². The Labute approximate surface area is 198 Å². The normalized spacial score (nSPS) is 18.2. The van der Waals surface area contributed by atoms with Gasteiger partial charge in [-0.3, -0.25) is 0 Å². The van der Waals surface area contributed by atoms with Gasteiger partial charge in [0.2, 0.25) is 0 Å². The lowest BCUT2D eigenvalue weighted by atomic mass is 10.0. The quantitative estimate of drug-likeness (QED) is 0.291. The van der Waals surface area contributed by atoms with Gasteiger partial charge in [-0.05, 0) is 67.5 Å². The highest BCUT2D eigenvalue weighted by Crippen LogP contribution is 2.22. The summed E-state index contributed by atoms with van der Waals surface area (Å²) in [6.07, 6.45) is 7.35. The molecule has 1 aliphatic rings. The van der Waals surface area contributed by atoms with Crippen molar-refractivity contribution in [2.24, 2.45) is 5.92 Å². The molecule has 0 N–H and O–H groups in total. The molecule has 0 saturated carbocycles. The highest BCUT2D eigenvalue weighted by atomic mass is 19.2. The largest absolute Gasteiger partial charge is 0.352 e. The Morgan fingerprint density at radius 3 is 2.50 bits per heavy atom. The molecule has 0 atom stereocenters. The first-order valence-electron chi connectivity index (χ1n) is 11.6. The van der Waals surface area contributed by atoms with E-state index in [9.17, 15) is 13.2 Å². The standard InChI is InChI=1S/C29H27F3O2/c1-2-3-4-5-22-18-33-28(34-19-22)15-9-21-7-11-23(27(31)17-21)10-6-20-8-13-25-24(16-20)12-14-26(30)29(25)32/h2-3,7-8,11-14,16-17,22,28H,4-5,9,15,18-19H2,1H3/b3-2+. The van der Waals surface area contributed by atoms with Crippen LogP contribution in [0.2, 0.25) is 0 Å². The molecule has 1 aliphatic heterocycles. The van der Waals surface area contributed by atoms with Gasteiger partial charge in [0.25, 0.3) is 0 Å². The zero-order valence-corrected chi connectivity index (χ0v) is 19.1. The fourth-order valence-corrected chi connectivity index (χ4v) is 4.00. The van der Waals surface area contributed by atoms with Crippen molar-refractivity contribution in [2.75, 3.05) is 13.2 Å². The molecule has 0 bridgehead atoms. The van der Waals surface area contributed by atoms with Crippen LogP contribution in [0, 0.1) is 35.2 Å². The Morgan fingerprint density at radius 1 is 0.912 bits per heavy atom. The van der Waals surface area contributed by atoms with Gasteiger partial charge >= 0.3 is 0 Å². The maximum absolute atomic E-state index is 14.6. The Kier molecular flexibility index (Phi) is 8.05. The van der Waals surface area contributed by atoms with Crippen molar-refractivity contribution in [1.29, 1.82) is 0 Å². The van der Waals surface area contributed by atoms with E-state index in [2.05, 4.69) is 24.0 Å². The second-order valence-corrected chi connectivity index (χ2v) is 8.51. The van der Waals surface area contributed by atoms with E-state index < -0.39 is 17.5 Å². The Hall–Kier alpha value is -3.07. The third-order valence-electron chi connectivity index (χ3n) is 5.96. The lowest BCUT2D eigenvalue weighted by molar-refractivity contribution is -0.203. The van der Waals surface area contributed by atoms with Gasteiger partial charge in [-0.1, -0.05) is 42.2 Å². The molecule has 1 saturated heterocycles. The number of halogens is 3. The van der Waals surface area contributed by atoms with E-state index >= 15 is 0 Å². The molecular formula is C29H27F3O2. The van der Waals surface area contributed by atoms with E-state index in [4.69, 9.17) is 9.47 Å². The van der Waals surface area contributed by atoms with Crippen LogP contribution >= 0.6 is 0 Å². The van der Waals surface area contributed by atoms with Crippen LogP contribution in [0.4, 0.5) is 13.2 Å². The lowest BCUT2D eigenvalue weighted by Crippen LogP contribution is -2.32. The van der Waals surface area contributed by atoms with Crippen LogP contribution in [-0.2, 0) is 15.9 Å². The molecule has 0 radical (unpaired) electrons. The number of benzene rings is 3. The summed E-state index contributed by atoms with van der Waals surface area (Å²) < 4.78 is 53.5. The summed E-state index contributed by atoms with van der Waals surface area (Å²) in [6.45, 7) is 3.41. The van der Waals surface area contributed by atoms with Gasteiger partial charge in [-0.15, -0.1) is 0 Å². The highest BCUT2D eigenvalue weighted by molar-refractivity contribution is 5.84. The minimum atomic E-state index is -0.889. The first-order chi connectivity index (χ1) is 16.5. The lowest BCUT2D eigenvalue weighted by Gasteiger charge is -2.29. The van der Waals surface area contributed by atoms with Crippen molar-refractivity contribution < 1.29 is 22.6 Å². The molecule has 0 amide bonds. The summed E-state index contributed by atoms with van der Waals surface area (Å²) in [5.74, 6) is 3.99. The SMILES string of the molecule is C/C=C/CCC1COC(CCc2ccc(C#Cc3ccc4c(F)c(F)ccc4c3)c(F)c2)OC1. The first kappa shape index (κ1) is 24.1. The maximum atomic E-state index is 14.6. The number of aryl methyl sites for hydroxylation is 1. The average Bonchev–Trinajstić information content (AvgIpc) is 2.85. The number of hydrogen-bond donors (Lipinski definition) is 0. The molecule has 0 aromatic heterocycles. The van der Waals surface area contributed by atoms with E-state index in [1.165, 1.54) is 18.2 Å². The van der Waals surface area contributed by atoms with Gasteiger partial charge < -0.3 is 9.47 Å². The fourth-order valence-electron chi connectivity index (χ4n) is 4.00. The van der Waals surface area contributed by atoms with Crippen molar-refractivity contribution in [3.8, 4) is 11.8 Å². The molecule has 0 unspecified atom stereocenters. The van der Waals surface area contributed by atoms with Gasteiger partial charge in [0.1, 0.15) is 5.82 Å². The molecule has 0 spiro atoms. The van der Waals surface area contributed by atoms with Crippen LogP contribution in [0.1, 0.15) is 42.9 Å². The van der Waals surface area contributed by atoms with Crippen LogP contribution in [0.5, 0.6) is 0 Å². The number of hydrogen-bond acceptors (Lipinski definition) is 2. The van der Waals surface area contributed by atoms with E-state index in [-0.39, 0.29) is 17.2 Å². The maximum Gasteiger partial charge on any atom is 0.166 e. The molecule has 176 valence electrons. The van der Waals surface area contributed by atoms with Gasteiger partial charge in [-0.2, -0.15) is 0 Å². The molecule has 3 aromatic carbocycles.